The highest BCUT2D eigenvalue weighted by atomic mass is 35.5. The van der Waals surface area contributed by atoms with E-state index in [1.54, 1.807) is 29.8 Å². The summed E-state index contributed by atoms with van der Waals surface area (Å²) in [4.78, 5) is 90.0. The number of nitrogens with one attached hydrogen (secondary N) is 5. The molecular weight excluding hydrogens is 996 g/mol. The second kappa shape index (κ2) is 24.3. The molecule has 0 spiro atoms. The second-order valence-electron chi connectivity index (χ2n) is 19.0. The zero-order valence-corrected chi connectivity index (χ0v) is 43.9. The molecule has 1 saturated carbocycles. The molecule has 0 radical (unpaired) electrons. The number of ether oxygens (including phenoxy) is 1. The van der Waals surface area contributed by atoms with Gasteiger partial charge < -0.3 is 50.6 Å². The van der Waals surface area contributed by atoms with Gasteiger partial charge in [-0.2, -0.15) is 0 Å². The fraction of sp³-hybridized carbons (Fsp3) is 0.490. The van der Waals surface area contributed by atoms with Crippen molar-refractivity contribution in [1.29, 1.82) is 0 Å². The van der Waals surface area contributed by atoms with Gasteiger partial charge in [0.2, 0.25) is 11.8 Å². The molecule has 5 aromatic rings. The van der Waals surface area contributed by atoms with Crippen LogP contribution in [-0.4, -0.2) is 162 Å². The average molecular weight is 1060 g/mol. The first-order chi connectivity index (χ1) is 35.6. The zero-order valence-electron chi connectivity index (χ0n) is 42.4. The number of hydrogen-bond donors (Lipinski definition) is 5. The number of benzene rings is 2. The minimum Gasteiger partial charge on any atom is -0.378 e. The van der Waals surface area contributed by atoms with E-state index in [9.17, 15) is 32.8 Å². The number of aromatic nitrogens is 4. The van der Waals surface area contributed by atoms with Gasteiger partial charge in [0.1, 0.15) is 34.1 Å². The van der Waals surface area contributed by atoms with E-state index in [1.807, 2.05) is 32.0 Å². The van der Waals surface area contributed by atoms with Crippen LogP contribution in [0.1, 0.15) is 80.9 Å². The fourth-order valence-electron chi connectivity index (χ4n) is 9.76. The van der Waals surface area contributed by atoms with Crippen molar-refractivity contribution in [1.82, 2.24) is 50.2 Å². The number of fused-ring (bicyclic) bond motifs is 1. The van der Waals surface area contributed by atoms with Gasteiger partial charge >= 0.3 is 0 Å². The van der Waals surface area contributed by atoms with Gasteiger partial charge in [-0.25, -0.2) is 23.7 Å². The summed E-state index contributed by atoms with van der Waals surface area (Å²) >= 11 is 7.50. The third-order valence-corrected chi connectivity index (χ3v) is 15.3. The Morgan fingerprint density at radius 1 is 0.892 bits per heavy atom. The van der Waals surface area contributed by atoms with Gasteiger partial charge in [-0.1, -0.05) is 54.3 Å². The van der Waals surface area contributed by atoms with Crippen molar-refractivity contribution in [2.24, 2.45) is 13.0 Å². The lowest BCUT2D eigenvalue weighted by Crippen LogP contribution is -2.59. The predicted molar refractivity (Wildman–Crippen MR) is 280 cm³/mol. The number of amides is 5. The lowest BCUT2D eigenvalue weighted by Gasteiger charge is -2.39. The molecule has 2 saturated heterocycles. The maximum absolute atomic E-state index is 14.8. The number of thiazole rings is 1. The zero-order chi connectivity index (χ0) is 52.6. The minimum atomic E-state index is -1.15. The molecule has 23 heteroatoms. The van der Waals surface area contributed by atoms with E-state index in [4.69, 9.17) is 16.3 Å². The quantitative estimate of drug-likeness (QED) is 0.0688. The van der Waals surface area contributed by atoms with Crippen LogP contribution >= 0.6 is 22.9 Å². The largest absolute Gasteiger partial charge is 0.378 e. The number of carbonyl (C=O) groups excluding carboxylic acids is 5. The number of aryl methyl sites for hydroxylation is 3. The van der Waals surface area contributed by atoms with Crippen LogP contribution in [0.15, 0.2) is 42.6 Å². The second-order valence-corrected chi connectivity index (χ2v) is 20.4. The molecule has 2 aliphatic heterocycles. The molecule has 3 aromatic heterocycles. The molecule has 3 fully saturated rings. The number of halogens is 3. The number of piperazine rings is 2. The first-order valence-corrected chi connectivity index (χ1v) is 26.3. The van der Waals surface area contributed by atoms with Crippen molar-refractivity contribution in [3.8, 4) is 0 Å². The summed E-state index contributed by atoms with van der Waals surface area (Å²) in [6.07, 6.45) is 6.24. The molecule has 2 aromatic carbocycles. The number of rotatable bonds is 18. The lowest BCUT2D eigenvalue weighted by molar-refractivity contribution is -0.140. The van der Waals surface area contributed by atoms with Crippen molar-refractivity contribution in [3.63, 3.8) is 0 Å². The first-order valence-electron chi connectivity index (χ1n) is 25.1. The SMILES string of the molecule is CNC(C)C(=O)NC(C(=O)N1CCN(C(=O)c2c(C(=O)NCCOCCN3CCN(c4cc(Nc5ncc(C(=O)Nc6c(C)cccc6Cl)s5)nc(C)n4)CC3)c3cc(F)c(F)cc3n2C)CC1)C1CCCCC1. The summed E-state index contributed by atoms with van der Waals surface area (Å²) < 4.78 is 36.7. The van der Waals surface area contributed by atoms with E-state index < -0.39 is 35.5 Å². The summed E-state index contributed by atoms with van der Waals surface area (Å²) in [5.41, 5.74) is 1.47. The summed E-state index contributed by atoms with van der Waals surface area (Å²) in [6, 6.07) is 8.03. The Labute approximate surface area is 437 Å². The number of nitrogens with zero attached hydrogens (tertiary/aromatic N) is 8. The van der Waals surface area contributed by atoms with Gasteiger partial charge in [0.15, 0.2) is 16.8 Å². The Morgan fingerprint density at radius 2 is 1.61 bits per heavy atom. The van der Waals surface area contributed by atoms with E-state index in [-0.39, 0.29) is 85.1 Å². The summed E-state index contributed by atoms with van der Waals surface area (Å²) in [7, 11) is 3.22. The van der Waals surface area contributed by atoms with Crippen LogP contribution < -0.4 is 31.5 Å². The molecule has 8 rings (SSSR count). The summed E-state index contributed by atoms with van der Waals surface area (Å²) in [6.45, 7) is 10.3. The van der Waals surface area contributed by atoms with Crippen LogP contribution in [0.4, 0.5) is 31.2 Å². The van der Waals surface area contributed by atoms with E-state index in [0.717, 1.165) is 68.7 Å². The van der Waals surface area contributed by atoms with Crippen LogP contribution in [0, 0.1) is 31.4 Å². The summed E-state index contributed by atoms with van der Waals surface area (Å²) in [5.74, 6) is -2.27. The molecule has 396 valence electrons. The van der Waals surface area contributed by atoms with Crippen LogP contribution in [0.25, 0.3) is 10.9 Å². The molecule has 5 N–H and O–H groups in total. The number of carbonyl (C=O) groups is 5. The van der Waals surface area contributed by atoms with Crippen molar-refractivity contribution in [2.75, 3.05) is 101 Å². The van der Waals surface area contributed by atoms with Crippen LogP contribution in [-0.2, 0) is 21.4 Å². The standard InChI is InChI=1S/C51H64ClF2N13O6S/c1-30-10-9-13-35(52)43(30)61-47(69)39-29-57-51(74-39)60-40-28-41(59-32(3)58-40)65-17-15-64(16-18-65)23-25-73-24-14-56-48(70)42-34-26-36(53)37(54)27-38(34)63(5)45(42)50(72)67-21-19-66(20-22-67)49(71)44(33-11-7-6-8-12-33)62-46(68)31(2)55-4/h9-10,13,26-29,31,33,44,55H,6-8,11-12,14-25H2,1-5H3,(H,56,70)(H,61,69)(H,62,68)(H,57,58,59,60). The highest BCUT2D eigenvalue weighted by Gasteiger charge is 2.38. The average Bonchev–Trinajstić information content (AvgIpc) is 3.98. The van der Waals surface area contributed by atoms with E-state index in [0.29, 0.717) is 58.6 Å². The van der Waals surface area contributed by atoms with Crippen LogP contribution in [0.5, 0.6) is 0 Å². The van der Waals surface area contributed by atoms with Gasteiger partial charge in [0, 0.05) is 90.0 Å². The number of likely N-dealkylation sites (N-methyl/N-ethyl adjacent to an activating group) is 1. The lowest BCUT2D eigenvalue weighted by atomic mass is 9.83. The third-order valence-electron chi connectivity index (χ3n) is 14.1. The molecule has 2 atom stereocenters. The fourth-order valence-corrected chi connectivity index (χ4v) is 10.7. The first kappa shape index (κ1) is 53.9. The Balaban J connectivity index is 0.810. The third kappa shape index (κ3) is 12.6. The molecule has 5 amide bonds. The highest BCUT2D eigenvalue weighted by molar-refractivity contribution is 7.17. The molecule has 5 heterocycles. The van der Waals surface area contributed by atoms with Gasteiger partial charge in [0.25, 0.3) is 17.7 Å². The van der Waals surface area contributed by atoms with Crippen molar-refractivity contribution in [3.05, 3.63) is 86.8 Å². The molecule has 74 heavy (non-hydrogen) atoms. The Morgan fingerprint density at radius 3 is 2.32 bits per heavy atom. The maximum atomic E-state index is 14.8. The van der Waals surface area contributed by atoms with E-state index >= 15 is 0 Å². The number of para-hydroxylation sites is 1. The van der Waals surface area contributed by atoms with Crippen molar-refractivity contribution in [2.45, 2.75) is 65.0 Å². The van der Waals surface area contributed by atoms with Gasteiger partial charge in [-0.15, -0.1) is 0 Å². The van der Waals surface area contributed by atoms with Crippen molar-refractivity contribution < 1.29 is 37.5 Å². The molecule has 3 aliphatic rings. The number of hydrogen-bond acceptors (Lipinski definition) is 14. The summed E-state index contributed by atoms with van der Waals surface area (Å²) in [5, 5.41) is 15.9. The predicted octanol–water partition coefficient (Wildman–Crippen LogP) is 5.50. The van der Waals surface area contributed by atoms with Crippen LogP contribution in [0.3, 0.4) is 0 Å². The monoisotopic (exact) mass is 1060 g/mol. The van der Waals surface area contributed by atoms with Gasteiger partial charge in [-0.3, -0.25) is 28.9 Å². The highest BCUT2D eigenvalue weighted by Crippen LogP contribution is 2.32. The van der Waals surface area contributed by atoms with Gasteiger partial charge in [0.05, 0.1) is 47.2 Å². The Bertz CT molecular complexity index is 2840. The topological polar surface area (TPSA) is 211 Å². The number of anilines is 4. The van der Waals surface area contributed by atoms with E-state index in [1.165, 1.54) is 29.1 Å². The Hall–Kier alpha value is -6.33. The molecule has 19 nitrogen and oxygen atoms in total. The van der Waals surface area contributed by atoms with E-state index in [2.05, 4.69) is 51.3 Å². The minimum absolute atomic E-state index is 0.0115. The normalized spacial score (nSPS) is 16.5. The van der Waals surface area contributed by atoms with Crippen LogP contribution in [0.2, 0.25) is 5.02 Å². The molecule has 1 aliphatic carbocycles. The Kier molecular flexibility index (Phi) is 17.7. The molecule has 2 unspecified atom stereocenters. The molecule has 0 bridgehead atoms. The maximum Gasteiger partial charge on any atom is 0.271 e. The smallest absolute Gasteiger partial charge is 0.271 e. The van der Waals surface area contributed by atoms with Gasteiger partial charge in [-0.05, 0) is 64.3 Å². The van der Waals surface area contributed by atoms with Crippen molar-refractivity contribution >= 4 is 85.8 Å². The molecular formula is C51H64ClF2N13O6S.